The van der Waals surface area contributed by atoms with Gasteiger partial charge in [-0.15, -0.1) is 5.48 Å². The Morgan fingerprint density at radius 1 is 1.28 bits per heavy atom. The van der Waals surface area contributed by atoms with Gasteiger partial charge >= 0.3 is 11.9 Å². The normalized spacial score (nSPS) is 14.9. The first-order valence-electron chi connectivity index (χ1n) is 8.09. The SMILES string of the molecule is COC(=O)[C@@H](N)C(NOC(=O)CCc1ccc2c(c1)OCO2)C(C)C. The number of hydrogen-bond donors (Lipinski definition) is 2. The van der Waals surface area contributed by atoms with Crippen molar-refractivity contribution in [3.05, 3.63) is 23.8 Å². The van der Waals surface area contributed by atoms with Crippen molar-refractivity contribution < 1.29 is 28.6 Å². The first kappa shape index (κ1) is 19.0. The molecular formula is C17H24N2O6. The van der Waals surface area contributed by atoms with Crippen LogP contribution >= 0.6 is 0 Å². The highest BCUT2D eigenvalue weighted by atomic mass is 16.7. The maximum atomic E-state index is 11.9. The van der Waals surface area contributed by atoms with E-state index in [0.29, 0.717) is 17.9 Å². The van der Waals surface area contributed by atoms with Gasteiger partial charge in [0.25, 0.3) is 0 Å². The summed E-state index contributed by atoms with van der Waals surface area (Å²) in [6.45, 7) is 3.93. The standard InChI is InChI=1S/C17H24N2O6/c1-10(2)16(15(18)17(21)22-3)19-25-14(20)7-5-11-4-6-12-13(8-11)24-9-23-12/h4,6,8,10,15-16,19H,5,7,9,18H2,1-3H3/t15-,16?/m0/s1. The Hall–Kier alpha value is -2.32. The van der Waals surface area contributed by atoms with Crippen LogP contribution in [0, 0.1) is 5.92 Å². The molecule has 0 aromatic heterocycles. The summed E-state index contributed by atoms with van der Waals surface area (Å²) in [5.41, 5.74) is 9.35. The summed E-state index contributed by atoms with van der Waals surface area (Å²) in [5.74, 6) is 0.330. The van der Waals surface area contributed by atoms with Crippen LogP contribution in [0.1, 0.15) is 25.8 Å². The Morgan fingerprint density at radius 3 is 2.68 bits per heavy atom. The minimum absolute atomic E-state index is 0.0317. The number of aryl methyl sites for hydroxylation is 1. The number of methoxy groups -OCH3 is 1. The van der Waals surface area contributed by atoms with Gasteiger partial charge in [0.05, 0.1) is 19.6 Å². The van der Waals surface area contributed by atoms with Crippen molar-refractivity contribution in [3.8, 4) is 11.5 Å². The Labute approximate surface area is 146 Å². The monoisotopic (exact) mass is 352 g/mol. The van der Waals surface area contributed by atoms with Gasteiger partial charge in [0, 0.05) is 0 Å². The molecule has 25 heavy (non-hydrogen) atoms. The lowest BCUT2D eigenvalue weighted by molar-refractivity contribution is -0.157. The third kappa shape index (κ3) is 5.07. The van der Waals surface area contributed by atoms with E-state index in [1.165, 1.54) is 7.11 Å². The molecule has 1 aliphatic rings. The maximum absolute atomic E-state index is 11.9. The molecule has 8 heteroatoms. The third-order valence-electron chi connectivity index (χ3n) is 3.94. The topological polar surface area (TPSA) is 109 Å². The second-order valence-electron chi connectivity index (χ2n) is 6.10. The highest BCUT2D eigenvalue weighted by molar-refractivity contribution is 5.76. The zero-order valence-corrected chi connectivity index (χ0v) is 14.6. The Morgan fingerprint density at radius 2 is 2.00 bits per heavy atom. The number of esters is 1. The van der Waals surface area contributed by atoms with Crippen LogP contribution in [0.4, 0.5) is 0 Å². The van der Waals surface area contributed by atoms with E-state index in [0.717, 1.165) is 5.56 Å². The quantitative estimate of drug-likeness (QED) is 0.525. The van der Waals surface area contributed by atoms with E-state index in [1.54, 1.807) is 0 Å². The van der Waals surface area contributed by atoms with Crippen molar-refractivity contribution in [2.24, 2.45) is 11.7 Å². The number of carbonyl (C=O) groups is 2. The van der Waals surface area contributed by atoms with Crippen molar-refractivity contribution in [2.75, 3.05) is 13.9 Å². The molecule has 8 nitrogen and oxygen atoms in total. The van der Waals surface area contributed by atoms with Gasteiger partial charge in [0.15, 0.2) is 11.5 Å². The summed E-state index contributed by atoms with van der Waals surface area (Å²) in [4.78, 5) is 28.6. The molecule has 0 saturated carbocycles. The summed E-state index contributed by atoms with van der Waals surface area (Å²) in [5, 5.41) is 0. The Kier molecular flexibility index (Phi) is 6.60. The summed E-state index contributed by atoms with van der Waals surface area (Å²) in [6, 6.07) is 4.06. The molecule has 0 fully saturated rings. The lowest BCUT2D eigenvalue weighted by Gasteiger charge is -2.25. The van der Waals surface area contributed by atoms with Crippen LogP contribution < -0.4 is 20.7 Å². The van der Waals surface area contributed by atoms with Crippen molar-refractivity contribution >= 4 is 11.9 Å². The third-order valence-corrected chi connectivity index (χ3v) is 3.94. The zero-order chi connectivity index (χ0) is 18.4. The zero-order valence-electron chi connectivity index (χ0n) is 14.6. The molecule has 1 heterocycles. The van der Waals surface area contributed by atoms with Crippen LogP contribution in [0.3, 0.4) is 0 Å². The van der Waals surface area contributed by atoms with Crippen molar-refractivity contribution in [3.63, 3.8) is 0 Å². The molecule has 0 spiro atoms. The second kappa shape index (κ2) is 8.68. The molecule has 1 unspecified atom stereocenters. The minimum atomic E-state index is -0.924. The van der Waals surface area contributed by atoms with Crippen molar-refractivity contribution in [2.45, 2.75) is 38.8 Å². The highest BCUT2D eigenvalue weighted by Gasteiger charge is 2.29. The van der Waals surface area contributed by atoms with Gasteiger partial charge in [-0.3, -0.25) is 9.59 Å². The molecule has 1 aromatic carbocycles. The molecule has 0 radical (unpaired) electrons. The van der Waals surface area contributed by atoms with Gasteiger partial charge in [0.1, 0.15) is 6.04 Å². The number of hydrogen-bond acceptors (Lipinski definition) is 8. The molecule has 1 aromatic rings. The van der Waals surface area contributed by atoms with Gasteiger partial charge in [-0.2, -0.15) is 0 Å². The smallest absolute Gasteiger partial charge is 0.325 e. The number of benzene rings is 1. The summed E-state index contributed by atoms with van der Waals surface area (Å²) in [6.07, 6.45) is 0.664. The number of nitrogens with one attached hydrogen (secondary N) is 1. The maximum Gasteiger partial charge on any atom is 0.325 e. The fourth-order valence-corrected chi connectivity index (χ4v) is 2.43. The van der Waals surface area contributed by atoms with Gasteiger partial charge in [-0.05, 0) is 30.0 Å². The van der Waals surface area contributed by atoms with E-state index >= 15 is 0 Å². The average Bonchev–Trinajstić information content (AvgIpc) is 3.06. The van der Waals surface area contributed by atoms with Gasteiger partial charge in [-0.25, -0.2) is 0 Å². The van der Waals surface area contributed by atoms with Crippen LogP contribution in [-0.2, 0) is 25.6 Å². The minimum Gasteiger partial charge on any atom is -0.468 e. The predicted octanol–water partition coefficient (Wildman–Crippen LogP) is 0.921. The van der Waals surface area contributed by atoms with E-state index in [-0.39, 0.29) is 19.1 Å². The van der Waals surface area contributed by atoms with Crippen LogP contribution in [0.5, 0.6) is 11.5 Å². The molecule has 3 N–H and O–H groups in total. The number of fused-ring (bicyclic) bond motifs is 1. The van der Waals surface area contributed by atoms with Gasteiger partial charge in [-0.1, -0.05) is 19.9 Å². The van der Waals surface area contributed by atoms with E-state index in [2.05, 4.69) is 10.2 Å². The summed E-state index contributed by atoms with van der Waals surface area (Å²) in [7, 11) is 1.26. The van der Waals surface area contributed by atoms with Crippen LogP contribution in [0.25, 0.3) is 0 Å². The Balaban J connectivity index is 1.82. The number of ether oxygens (including phenoxy) is 3. The molecule has 138 valence electrons. The second-order valence-corrected chi connectivity index (χ2v) is 6.10. The van der Waals surface area contributed by atoms with Crippen LogP contribution in [-0.4, -0.2) is 37.9 Å². The van der Waals surface area contributed by atoms with E-state index in [1.807, 2.05) is 32.0 Å². The molecule has 0 amide bonds. The molecular weight excluding hydrogens is 328 g/mol. The summed E-state index contributed by atoms with van der Waals surface area (Å²) >= 11 is 0. The molecule has 2 rings (SSSR count). The fourth-order valence-electron chi connectivity index (χ4n) is 2.43. The first-order valence-corrected chi connectivity index (χ1v) is 8.09. The summed E-state index contributed by atoms with van der Waals surface area (Å²) < 4.78 is 15.2. The first-order chi connectivity index (χ1) is 11.9. The lowest BCUT2D eigenvalue weighted by atomic mass is 9.98. The Bertz CT molecular complexity index is 619. The van der Waals surface area contributed by atoms with E-state index < -0.39 is 24.0 Å². The van der Waals surface area contributed by atoms with E-state index in [4.69, 9.17) is 20.0 Å². The van der Waals surface area contributed by atoms with Gasteiger partial charge in [0.2, 0.25) is 6.79 Å². The number of hydroxylamine groups is 1. The predicted molar refractivity (Wildman–Crippen MR) is 88.7 cm³/mol. The fraction of sp³-hybridized carbons (Fsp3) is 0.529. The van der Waals surface area contributed by atoms with Crippen LogP contribution in [0.2, 0.25) is 0 Å². The largest absolute Gasteiger partial charge is 0.468 e. The van der Waals surface area contributed by atoms with E-state index in [9.17, 15) is 9.59 Å². The lowest BCUT2D eigenvalue weighted by Crippen LogP contribution is -2.53. The number of carbonyl (C=O) groups excluding carboxylic acids is 2. The van der Waals surface area contributed by atoms with Crippen molar-refractivity contribution in [1.82, 2.24) is 5.48 Å². The molecule has 0 aliphatic carbocycles. The average molecular weight is 352 g/mol. The molecule has 0 saturated heterocycles. The number of rotatable bonds is 8. The van der Waals surface area contributed by atoms with Crippen molar-refractivity contribution in [1.29, 1.82) is 0 Å². The highest BCUT2D eigenvalue weighted by Crippen LogP contribution is 2.32. The molecule has 0 bridgehead atoms. The van der Waals surface area contributed by atoms with Gasteiger partial charge < -0.3 is 24.8 Å². The van der Waals surface area contributed by atoms with Crippen LogP contribution in [0.15, 0.2) is 18.2 Å². The molecule has 1 aliphatic heterocycles. The number of nitrogens with two attached hydrogens (primary N) is 1. The molecule has 2 atom stereocenters.